The Morgan fingerprint density at radius 1 is 1.47 bits per heavy atom. The van der Waals surface area contributed by atoms with E-state index in [2.05, 4.69) is 14.2 Å². The Hall–Kier alpha value is 0.180. The molecule has 7 nitrogen and oxygen atoms in total. The SMILES string of the molecule is CCC(N=[N+]=[N-])C(CC)OS(=O)(=O)[O-].[Na+]. The molecule has 2 atom stereocenters. The standard InChI is InChI=1S/C6H13N3O4S.Na/c1-3-5(8-9-7)6(4-2)13-14(10,11)12;/h5-6H,3-4H2,1-2H3,(H,10,11,12);/q;+1/p-1. The number of rotatable bonds is 6. The first-order valence-electron chi connectivity index (χ1n) is 4.12. The Kier molecular flexibility index (Phi) is 9.78. The molecule has 0 spiro atoms. The Balaban J connectivity index is 0. The van der Waals surface area contributed by atoms with Crippen LogP contribution in [0.5, 0.6) is 0 Å². The zero-order chi connectivity index (χ0) is 11.2. The molecule has 0 saturated carbocycles. The van der Waals surface area contributed by atoms with Gasteiger partial charge in [-0.15, -0.1) is 0 Å². The first kappa shape index (κ1) is 17.6. The molecule has 0 bridgehead atoms. The largest absolute Gasteiger partial charge is 1.00 e. The Bertz CT molecular complexity index is 314. The van der Waals surface area contributed by atoms with Crippen LogP contribution >= 0.6 is 0 Å². The predicted octanol–water partition coefficient (Wildman–Crippen LogP) is -1.67. The van der Waals surface area contributed by atoms with Crippen LogP contribution in [0.25, 0.3) is 10.4 Å². The van der Waals surface area contributed by atoms with Crippen molar-refractivity contribution in [3.8, 4) is 0 Å². The molecule has 0 heterocycles. The Labute approximate surface area is 111 Å². The Morgan fingerprint density at radius 3 is 2.27 bits per heavy atom. The summed E-state index contributed by atoms with van der Waals surface area (Å²) >= 11 is 0. The first-order valence-corrected chi connectivity index (χ1v) is 5.46. The van der Waals surface area contributed by atoms with E-state index >= 15 is 0 Å². The fraction of sp³-hybridized carbons (Fsp3) is 1.00. The van der Waals surface area contributed by atoms with Crippen molar-refractivity contribution in [2.45, 2.75) is 38.8 Å². The molecule has 0 amide bonds. The minimum atomic E-state index is -4.74. The quantitative estimate of drug-likeness (QED) is 0.139. The van der Waals surface area contributed by atoms with Gasteiger partial charge in [-0.25, -0.2) is 8.42 Å². The van der Waals surface area contributed by atoms with E-state index < -0.39 is 22.5 Å². The molecule has 9 heteroatoms. The van der Waals surface area contributed by atoms with E-state index in [-0.39, 0.29) is 29.6 Å². The maximum Gasteiger partial charge on any atom is 1.00 e. The van der Waals surface area contributed by atoms with E-state index in [1.807, 2.05) is 0 Å². The van der Waals surface area contributed by atoms with Gasteiger partial charge in [0.15, 0.2) is 0 Å². The van der Waals surface area contributed by atoms with Gasteiger partial charge in [-0.05, 0) is 18.4 Å². The smallest absolute Gasteiger partial charge is 0.726 e. The van der Waals surface area contributed by atoms with Gasteiger partial charge in [0.25, 0.3) is 0 Å². The van der Waals surface area contributed by atoms with Crippen molar-refractivity contribution >= 4 is 10.4 Å². The summed E-state index contributed by atoms with van der Waals surface area (Å²) in [5.74, 6) is 0. The van der Waals surface area contributed by atoms with E-state index in [0.717, 1.165) is 0 Å². The van der Waals surface area contributed by atoms with E-state index in [4.69, 9.17) is 5.53 Å². The van der Waals surface area contributed by atoms with Gasteiger partial charge in [0.1, 0.15) is 0 Å². The minimum absolute atomic E-state index is 0. The van der Waals surface area contributed by atoms with Crippen LogP contribution in [-0.4, -0.2) is 25.1 Å². The van der Waals surface area contributed by atoms with Gasteiger partial charge in [-0.1, -0.05) is 19.0 Å². The minimum Gasteiger partial charge on any atom is -0.726 e. The molecule has 0 radical (unpaired) electrons. The summed E-state index contributed by atoms with van der Waals surface area (Å²) in [6.07, 6.45) is -0.171. The molecule has 0 N–H and O–H groups in total. The van der Waals surface area contributed by atoms with E-state index in [1.54, 1.807) is 13.8 Å². The second-order valence-electron chi connectivity index (χ2n) is 2.63. The first-order chi connectivity index (χ1) is 6.44. The second-order valence-corrected chi connectivity index (χ2v) is 3.64. The summed E-state index contributed by atoms with van der Waals surface area (Å²) in [6.45, 7) is 3.36. The van der Waals surface area contributed by atoms with Gasteiger partial charge in [0, 0.05) is 4.91 Å². The molecule has 15 heavy (non-hydrogen) atoms. The average Bonchev–Trinajstić information content (AvgIpc) is 2.09. The van der Waals surface area contributed by atoms with Crippen LogP contribution in [0, 0.1) is 0 Å². The fourth-order valence-corrected chi connectivity index (χ4v) is 1.61. The predicted molar refractivity (Wildman–Crippen MR) is 48.1 cm³/mol. The van der Waals surface area contributed by atoms with Gasteiger partial charge < -0.3 is 4.55 Å². The van der Waals surface area contributed by atoms with Crippen LogP contribution in [0.1, 0.15) is 26.7 Å². The molecule has 0 aliphatic rings. The van der Waals surface area contributed by atoms with Crippen molar-refractivity contribution < 1.29 is 46.7 Å². The third-order valence-electron chi connectivity index (χ3n) is 1.69. The summed E-state index contributed by atoms with van der Waals surface area (Å²) in [5, 5.41) is 3.35. The van der Waals surface area contributed by atoms with E-state index in [1.165, 1.54) is 0 Å². The molecular weight excluding hydrogens is 233 g/mol. The summed E-state index contributed by atoms with van der Waals surface area (Å²) in [5.41, 5.74) is 8.19. The second kappa shape index (κ2) is 8.35. The van der Waals surface area contributed by atoms with Gasteiger partial charge in [-0.2, -0.15) is 0 Å². The summed E-state index contributed by atoms with van der Waals surface area (Å²) < 4.78 is 35.2. The summed E-state index contributed by atoms with van der Waals surface area (Å²) in [6, 6.07) is -0.631. The van der Waals surface area contributed by atoms with Crippen LogP contribution in [0.4, 0.5) is 0 Å². The van der Waals surface area contributed by atoms with Crippen molar-refractivity contribution in [1.82, 2.24) is 0 Å². The van der Waals surface area contributed by atoms with Crippen LogP contribution in [0.2, 0.25) is 0 Å². The summed E-state index contributed by atoms with van der Waals surface area (Å²) in [4.78, 5) is 2.55. The molecule has 0 saturated heterocycles. The molecule has 0 aromatic heterocycles. The zero-order valence-corrected chi connectivity index (χ0v) is 11.8. The number of hydrogen-bond donors (Lipinski definition) is 0. The zero-order valence-electron chi connectivity index (χ0n) is 8.95. The Morgan fingerprint density at radius 2 is 2.00 bits per heavy atom. The van der Waals surface area contributed by atoms with Crippen LogP contribution in [0.15, 0.2) is 5.11 Å². The molecule has 2 unspecified atom stereocenters. The number of azide groups is 1. The van der Waals surface area contributed by atoms with Gasteiger partial charge in [0.05, 0.1) is 12.1 Å². The summed E-state index contributed by atoms with van der Waals surface area (Å²) in [7, 11) is -4.74. The number of hydrogen-bond acceptors (Lipinski definition) is 5. The molecular formula is C6H12N3NaO4S. The molecule has 0 aromatic rings. The van der Waals surface area contributed by atoms with Gasteiger partial charge >= 0.3 is 29.6 Å². The van der Waals surface area contributed by atoms with Crippen molar-refractivity contribution in [2.75, 3.05) is 0 Å². The molecule has 0 rings (SSSR count). The fourth-order valence-electron chi connectivity index (χ4n) is 1.04. The van der Waals surface area contributed by atoms with Crippen molar-refractivity contribution in [3.63, 3.8) is 0 Å². The monoisotopic (exact) mass is 245 g/mol. The molecule has 0 aromatic carbocycles. The number of nitrogens with zero attached hydrogens (tertiary/aromatic N) is 3. The van der Waals surface area contributed by atoms with Gasteiger partial charge in [-0.3, -0.25) is 4.18 Å². The van der Waals surface area contributed by atoms with E-state index in [0.29, 0.717) is 12.8 Å². The van der Waals surface area contributed by atoms with E-state index in [9.17, 15) is 13.0 Å². The van der Waals surface area contributed by atoms with Crippen LogP contribution in [0.3, 0.4) is 0 Å². The van der Waals surface area contributed by atoms with Crippen LogP contribution < -0.4 is 29.6 Å². The topological polar surface area (TPSA) is 115 Å². The molecule has 0 aliphatic heterocycles. The van der Waals surface area contributed by atoms with Crippen molar-refractivity contribution in [3.05, 3.63) is 10.4 Å². The maximum atomic E-state index is 10.3. The molecule has 0 fully saturated rings. The van der Waals surface area contributed by atoms with Crippen LogP contribution in [-0.2, 0) is 14.6 Å². The molecule has 82 valence electrons. The third kappa shape index (κ3) is 8.04. The van der Waals surface area contributed by atoms with Crippen molar-refractivity contribution in [1.29, 1.82) is 0 Å². The van der Waals surface area contributed by atoms with Crippen molar-refractivity contribution in [2.24, 2.45) is 5.11 Å². The maximum absolute atomic E-state index is 10.3. The average molecular weight is 245 g/mol. The molecule has 0 aliphatic carbocycles. The van der Waals surface area contributed by atoms with Gasteiger partial charge in [0.2, 0.25) is 10.4 Å². The normalized spacial score (nSPS) is 14.6. The third-order valence-corrected chi connectivity index (χ3v) is 2.17.